The summed E-state index contributed by atoms with van der Waals surface area (Å²) in [5, 5.41) is 9.80. The monoisotopic (exact) mass is 320 g/mol. The van der Waals surface area contributed by atoms with Crippen LogP contribution in [0.15, 0.2) is 18.7 Å². The second kappa shape index (κ2) is 7.92. The maximum Gasteiger partial charge on any atom is 0.274 e. The lowest BCUT2D eigenvalue weighted by molar-refractivity contribution is -0.116. The van der Waals surface area contributed by atoms with E-state index in [1.54, 1.807) is 11.9 Å². The summed E-state index contributed by atoms with van der Waals surface area (Å²) >= 11 is 0. The number of H-pyrrole nitrogens is 1. The van der Waals surface area contributed by atoms with Crippen LogP contribution < -0.4 is 5.32 Å². The quantitative estimate of drug-likeness (QED) is 0.768. The smallest absolute Gasteiger partial charge is 0.274 e. The summed E-state index contributed by atoms with van der Waals surface area (Å²) in [6, 6.07) is 1.68. The van der Waals surface area contributed by atoms with Crippen molar-refractivity contribution in [1.82, 2.24) is 20.4 Å². The van der Waals surface area contributed by atoms with Gasteiger partial charge in [-0.3, -0.25) is 14.7 Å². The molecule has 1 fully saturated rings. The molecular weight excluding hydrogens is 296 g/mol. The van der Waals surface area contributed by atoms with Gasteiger partial charge < -0.3 is 15.0 Å². The molecule has 126 valence electrons. The molecule has 2 rings (SSSR count). The van der Waals surface area contributed by atoms with E-state index in [2.05, 4.69) is 22.1 Å². The summed E-state index contributed by atoms with van der Waals surface area (Å²) in [4.78, 5) is 25.3. The molecule has 0 aliphatic carbocycles. The summed E-state index contributed by atoms with van der Waals surface area (Å²) in [5.41, 5.74) is 1.38. The Morgan fingerprint density at radius 1 is 1.57 bits per heavy atom. The van der Waals surface area contributed by atoms with Gasteiger partial charge in [-0.25, -0.2) is 0 Å². The Balaban J connectivity index is 1.95. The van der Waals surface area contributed by atoms with Gasteiger partial charge >= 0.3 is 0 Å². The van der Waals surface area contributed by atoms with Crippen LogP contribution in [0.3, 0.4) is 0 Å². The zero-order chi connectivity index (χ0) is 16.8. The number of hydrogen-bond acceptors (Lipinski definition) is 4. The zero-order valence-electron chi connectivity index (χ0n) is 13.7. The van der Waals surface area contributed by atoms with Gasteiger partial charge in [0.15, 0.2) is 0 Å². The zero-order valence-corrected chi connectivity index (χ0v) is 13.7. The molecule has 1 aromatic rings. The molecule has 0 bridgehead atoms. The normalized spacial score (nSPS) is 16.6. The van der Waals surface area contributed by atoms with Crippen LogP contribution in [0.2, 0.25) is 0 Å². The van der Waals surface area contributed by atoms with Gasteiger partial charge in [0.1, 0.15) is 5.69 Å². The van der Waals surface area contributed by atoms with E-state index in [9.17, 15) is 9.59 Å². The third-order valence-corrected chi connectivity index (χ3v) is 4.22. The van der Waals surface area contributed by atoms with Gasteiger partial charge in [0.25, 0.3) is 5.91 Å². The van der Waals surface area contributed by atoms with E-state index in [4.69, 9.17) is 4.74 Å². The lowest BCUT2D eigenvalue weighted by Gasteiger charge is -2.24. The minimum absolute atomic E-state index is 0.144. The summed E-state index contributed by atoms with van der Waals surface area (Å²) in [6.45, 7) is 7.12. The van der Waals surface area contributed by atoms with Crippen molar-refractivity contribution in [2.24, 2.45) is 0 Å². The molecule has 2 N–H and O–H groups in total. The molecule has 0 radical (unpaired) electrons. The number of rotatable bonds is 6. The first-order valence-electron chi connectivity index (χ1n) is 7.83. The van der Waals surface area contributed by atoms with Crippen molar-refractivity contribution in [1.29, 1.82) is 0 Å². The predicted octanol–water partition coefficient (Wildman–Crippen LogP) is 1.07. The van der Waals surface area contributed by atoms with Crippen molar-refractivity contribution in [3.05, 3.63) is 30.1 Å². The van der Waals surface area contributed by atoms with E-state index in [1.165, 1.54) is 6.08 Å². The standard InChI is InChI=1S/C16H24N4O3/c1-4-15(21)17-10-11(2)20(3)16(22)14-9-13(18-19-14)12-5-7-23-8-6-12/h4,9,11-12H,1,5-8,10H2,2-3H3,(H,17,21)(H,18,19). The number of likely N-dealkylation sites (N-methyl/N-ethyl adjacent to an activating group) is 1. The van der Waals surface area contributed by atoms with Gasteiger partial charge in [0.05, 0.1) is 0 Å². The van der Waals surface area contributed by atoms with Crippen molar-refractivity contribution in [3.8, 4) is 0 Å². The van der Waals surface area contributed by atoms with Crippen LogP contribution in [-0.4, -0.2) is 59.8 Å². The molecular formula is C16H24N4O3. The van der Waals surface area contributed by atoms with Crippen molar-refractivity contribution in [2.45, 2.75) is 31.7 Å². The minimum Gasteiger partial charge on any atom is -0.381 e. The molecule has 0 spiro atoms. The number of ether oxygens (including phenoxy) is 1. The van der Waals surface area contributed by atoms with E-state index in [-0.39, 0.29) is 17.9 Å². The van der Waals surface area contributed by atoms with E-state index >= 15 is 0 Å². The van der Waals surface area contributed by atoms with Gasteiger partial charge in [0.2, 0.25) is 5.91 Å². The molecule has 1 saturated heterocycles. The molecule has 23 heavy (non-hydrogen) atoms. The third kappa shape index (κ3) is 4.41. The summed E-state index contributed by atoms with van der Waals surface area (Å²) < 4.78 is 5.35. The molecule has 7 heteroatoms. The van der Waals surface area contributed by atoms with Crippen molar-refractivity contribution < 1.29 is 14.3 Å². The van der Waals surface area contributed by atoms with Crippen molar-refractivity contribution in [2.75, 3.05) is 26.8 Å². The molecule has 7 nitrogen and oxygen atoms in total. The maximum atomic E-state index is 12.5. The second-order valence-electron chi connectivity index (χ2n) is 5.81. The minimum atomic E-state index is -0.251. The average molecular weight is 320 g/mol. The second-order valence-corrected chi connectivity index (χ2v) is 5.81. The average Bonchev–Trinajstić information content (AvgIpc) is 3.08. The number of aromatic nitrogens is 2. The Labute approximate surface area is 136 Å². The largest absolute Gasteiger partial charge is 0.381 e. The number of amides is 2. The van der Waals surface area contributed by atoms with Gasteiger partial charge in [0, 0.05) is 44.5 Å². The van der Waals surface area contributed by atoms with E-state index in [1.807, 2.05) is 13.0 Å². The molecule has 2 heterocycles. The fraction of sp³-hybridized carbons (Fsp3) is 0.562. The Morgan fingerprint density at radius 2 is 2.26 bits per heavy atom. The van der Waals surface area contributed by atoms with Crippen LogP contribution >= 0.6 is 0 Å². The van der Waals surface area contributed by atoms with Crippen molar-refractivity contribution >= 4 is 11.8 Å². The Kier molecular flexibility index (Phi) is 5.92. The number of aromatic amines is 1. The predicted molar refractivity (Wildman–Crippen MR) is 86.1 cm³/mol. The molecule has 1 atom stereocenters. The number of nitrogens with one attached hydrogen (secondary N) is 2. The molecule has 0 saturated carbocycles. The van der Waals surface area contributed by atoms with Crippen LogP contribution in [0.5, 0.6) is 0 Å². The number of carbonyl (C=O) groups excluding carboxylic acids is 2. The summed E-state index contributed by atoms with van der Waals surface area (Å²) in [6.07, 6.45) is 3.09. The lowest BCUT2D eigenvalue weighted by atomic mass is 9.96. The molecule has 1 aliphatic rings. The molecule has 1 aliphatic heterocycles. The first-order chi connectivity index (χ1) is 11.0. The Bertz CT molecular complexity index is 563. The van der Waals surface area contributed by atoms with Gasteiger partial charge in [-0.2, -0.15) is 5.10 Å². The molecule has 2 amide bonds. The van der Waals surface area contributed by atoms with Crippen molar-refractivity contribution in [3.63, 3.8) is 0 Å². The highest BCUT2D eigenvalue weighted by atomic mass is 16.5. The summed E-state index contributed by atoms with van der Waals surface area (Å²) in [7, 11) is 1.70. The summed E-state index contributed by atoms with van der Waals surface area (Å²) in [5.74, 6) is -0.0495. The highest BCUT2D eigenvalue weighted by molar-refractivity contribution is 5.92. The van der Waals surface area contributed by atoms with E-state index in [0.29, 0.717) is 18.2 Å². The fourth-order valence-corrected chi connectivity index (χ4v) is 2.50. The van der Waals surface area contributed by atoms with Gasteiger partial charge in [-0.1, -0.05) is 6.58 Å². The first kappa shape index (κ1) is 17.2. The lowest BCUT2D eigenvalue weighted by Crippen LogP contribution is -2.42. The van der Waals surface area contributed by atoms with Gasteiger partial charge in [-0.05, 0) is 31.9 Å². The van der Waals surface area contributed by atoms with Crippen LogP contribution in [0.1, 0.15) is 41.9 Å². The van der Waals surface area contributed by atoms with E-state index in [0.717, 1.165) is 31.7 Å². The van der Waals surface area contributed by atoms with Gasteiger partial charge in [-0.15, -0.1) is 0 Å². The van der Waals surface area contributed by atoms with Crippen LogP contribution in [0.25, 0.3) is 0 Å². The molecule has 1 aromatic heterocycles. The number of nitrogens with zero attached hydrogens (tertiary/aromatic N) is 2. The third-order valence-electron chi connectivity index (χ3n) is 4.22. The topological polar surface area (TPSA) is 87.3 Å². The Morgan fingerprint density at radius 3 is 2.91 bits per heavy atom. The number of hydrogen-bond donors (Lipinski definition) is 2. The maximum absolute atomic E-state index is 12.5. The Hall–Kier alpha value is -2.15. The highest BCUT2D eigenvalue weighted by Crippen LogP contribution is 2.25. The first-order valence-corrected chi connectivity index (χ1v) is 7.83. The van der Waals surface area contributed by atoms with Crippen LogP contribution in [0.4, 0.5) is 0 Å². The SMILES string of the molecule is C=CC(=O)NCC(C)N(C)C(=O)c1cc(C2CCOCC2)[nH]n1. The highest BCUT2D eigenvalue weighted by Gasteiger charge is 2.23. The van der Waals surface area contributed by atoms with E-state index < -0.39 is 0 Å². The molecule has 0 aromatic carbocycles. The van der Waals surface area contributed by atoms with Crippen LogP contribution in [0, 0.1) is 0 Å². The fourth-order valence-electron chi connectivity index (χ4n) is 2.50. The van der Waals surface area contributed by atoms with Crippen LogP contribution in [-0.2, 0) is 9.53 Å². The molecule has 1 unspecified atom stereocenters. The number of carbonyl (C=O) groups is 2.